The van der Waals surface area contributed by atoms with Gasteiger partial charge in [-0.25, -0.2) is 4.98 Å². The fourth-order valence-electron chi connectivity index (χ4n) is 1.90. The Balaban J connectivity index is 2.21. The van der Waals surface area contributed by atoms with Crippen molar-refractivity contribution in [1.82, 2.24) is 14.5 Å². The molecule has 0 aliphatic heterocycles. The summed E-state index contributed by atoms with van der Waals surface area (Å²) >= 11 is 3.25. The molecule has 24 heavy (non-hydrogen) atoms. The zero-order chi connectivity index (χ0) is 18.0. The number of ether oxygens (including phenoxy) is 1. The maximum Gasteiger partial charge on any atom is 0.434 e. The highest BCUT2D eigenvalue weighted by molar-refractivity contribution is 9.10. The molecule has 0 amide bonds. The van der Waals surface area contributed by atoms with Crippen molar-refractivity contribution in [2.24, 2.45) is 0 Å². The summed E-state index contributed by atoms with van der Waals surface area (Å²) in [6.45, 7) is 7.18. The van der Waals surface area contributed by atoms with Crippen LogP contribution in [0.25, 0.3) is 11.5 Å². The zero-order valence-corrected chi connectivity index (χ0v) is 16.3. The Morgan fingerprint density at radius 3 is 2.50 bits per heavy atom. The SMILES string of the molecule is C[Si-](C)(C)CCOCn1cc(C(F)(F)F)nc1-c1ccc(Br)cn1. The second kappa shape index (κ2) is 7.36. The van der Waals surface area contributed by atoms with Crippen LogP contribution in [0, 0.1) is 0 Å². The fourth-order valence-corrected chi connectivity index (χ4v) is 2.90. The smallest absolute Gasteiger partial charge is 0.364 e. The van der Waals surface area contributed by atoms with Crippen molar-refractivity contribution in [3.05, 3.63) is 34.7 Å². The molecule has 2 aromatic heterocycles. The lowest BCUT2D eigenvalue weighted by Gasteiger charge is -2.26. The Kier molecular flexibility index (Phi) is 5.87. The molecular formula is C15H19BrF3N3OSi-. The number of nitrogens with zero attached hydrogens (tertiary/aromatic N) is 3. The van der Waals surface area contributed by atoms with Gasteiger partial charge in [0.05, 0.1) is 0 Å². The van der Waals surface area contributed by atoms with Gasteiger partial charge in [0, 0.05) is 23.5 Å². The Hall–Kier alpha value is -1.19. The van der Waals surface area contributed by atoms with Gasteiger partial charge in [0.1, 0.15) is 12.4 Å². The van der Waals surface area contributed by atoms with Crippen LogP contribution in [-0.2, 0) is 17.6 Å². The van der Waals surface area contributed by atoms with Crippen LogP contribution in [-0.4, -0.2) is 29.2 Å². The van der Waals surface area contributed by atoms with E-state index in [4.69, 9.17) is 4.74 Å². The van der Waals surface area contributed by atoms with Gasteiger partial charge in [-0.1, -0.05) is 0 Å². The average molecular weight is 422 g/mol. The molecule has 0 spiro atoms. The van der Waals surface area contributed by atoms with Crippen LogP contribution in [0.15, 0.2) is 29.0 Å². The summed E-state index contributed by atoms with van der Waals surface area (Å²) in [6, 6.07) is 4.27. The predicted molar refractivity (Wildman–Crippen MR) is 92.3 cm³/mol. The predicted octanol–water partition coefficient (Wildman–Crippen LogP) is 5.04. The van der Waals surface area contributed by atoms with Crippen LogP contribution in [0.4, 0.5) is 13.2 Å². The number of halogens is 4. The van der Waals surface area contributed by atoms with E-state index >= 15 is 0 Å². The molecule has 0 saturated carbocycles. The van der Waals surface area contributed by atoms with E-state index in [9.17, 15) is 13.2 Å². The highest BCUT2D eigenvalue weighted by atomic mass is 79.9. The van der Waals surface area contributed by atoms with Gasteiger partial charge in [-0.05, 0) is 28.1 Å². The first kappa shape index (κ1) is 19.1. The number of pyridine rings is 1. The lowest BCUT2D eigenvalue weighted by Crippen LogP contribution is -2.22. The number of imidazole rings is 1. The van der Waals surface area contributed by atoms with E-state index in [-0.39, 0.29) is 12.6 Å². The number of hydrogen-bond acceptors (Lipinski definition) is 3. The Labute approximate surface area is 148 Å². The van der Waals surface area contributed by atoms with Crippen molar-refractivity contribution in [2.75, 3.05) is 6.61 Å². The largest absolute Gasteiger partial charge is 0.434 e. The van der Waals surface area contributed by atoms with Gasteiger partial charge in [0.2, 0.25) is 0 Å². The second-order valence-electron chi connectivity index (χ2n) is 6.63. The lowest BCUT2D eigenvalue weighted by molar-refractivity contribution is -0.141. The van der Waals surface area contributed by atoms with Crippen molar-refractivity contribution >= 4 is 24.0 Å². The summed E-state index contributed by atoms with van der Waals surface area (Å²) in [5.41, 5.74) is -0.585. The first-order valence-corrected chi connectivity index (χ1v) is 11.9. The van der Waals surface area contributed by atoms with Crippen molar-refractivity contribution in [2.45, 2.75) is 38.6 Å². The van der Waals surface area contributed by atoms with E-state index in [1.54, 1.807) is 12.1 Å². The summed E-state index contributed by atoms with van der Waals surface area (Å²) in [6.07, 6.45) is -2.02. The molecule has 4 nitrogen and oxygen atoms in total. The van der Waals surface area contributed by atoms with Crippen LogP contribution in [0.3, 0.4) is 0 Å². The van der Waals surface area contributed by atoms with Gasteiger partial charge < -0.3 is 9.30 Å². The zero-order valence-electron chi connectivity index (χ0n) is 13.7. The van der Waals surface area contributed by atoms with Gasteiger partial charge in [-0.2, -0.15) is 32.8 Å². The molecule has 0 fully saturated rings. The van der Waals surface area contributed by atoms with Crippen molar-refractivity contribution in [3.63, 3.8) is 0 Å². The first-order valence-electron chi connectivity index (χ1n) is 7.40. The highest BCUT2D eigenvalue weighted by Crippen LogP contribution is 2.30. The van der Waals surface area contributed by atoms with Gasteiger partial charge in [-0.15, -0.1) is 14.1 Å². The summed E-state index contributed by atoms with van der Waals surface area (Å²) in [7, 11) is -1.25. The number of alkyl halides is 3. The number of aromatic nitrogens is 3. The van der Waals surface area contributed by atoms with Crippen LogP contribution in [0.5, 0.6) is 0 Å². The standard InChI is InChI=1S/C15H19BrF3N3OSi/c1-24(2,3)7-6-23-10-22-9-13(15(17,18)19)21-14(22)12-5-4-11(16)8-20-12/h4-5,8-9H,6-7,10H2,1-3H3/q-1. The Morgan fingerprint density at radius 1 is 1.25 bits per heavy atom. The van der Waals surface area contributed by atoms with Gasteiger partial charge in [-0.3, -0.25) is 4.98 Å². The third-order valence-electron chi connectivity index (χ3n) is 3.25. The maximum atomic E-state index is 13.0. The van der Waals surface area contributed by atoms with E-state index in [1.165, 1.54) is 10.8 Å². The molecule has 0 atom stereocenters. The van der Waals surface area contributed by atoms with E-state index in [0.29, 0.717) is 12.3 Å². The van der Waals surface area contributed by atoms with E-state index in [1.807, 2.05) is 0 Å². The monoisotopic (exact) mass is 421 g/mol. The minimum atomic E-state index is -4.51. The third kappa shape index (κ3) is 5.42. The highest BCUT2D eigenvalue weighted by Gasteiger charge is 2.35. The minimum absolute atomic E-state index is 0.0145. The minimum Gasteiger partial charge on any atom is -0.364 e. The number of hydrogen-bond donors (Lipinski definition) is 0. The molecule has 0 unspecified atom stereocenters. The molecule has 0 bridgehead atoms. The fraction of sp³-hybridized carbons (Fsp3) is 0.467. The molecule has 2 rings (SSSR count). The summed E-state index contributed by atoms with van der Waals surface area (Å²) < 4.78 is 46.6. The van der Waals surface area contributed by atoms with Gasteiger partial charge >= 0.3 is 6.18 Å². The second-order valence-corrected chi connectivity index (χ2v) is 13.2. The first-order chi connectivity index (χ1) is 11.1. The molecule has 0 saturated heterocycles. The lowest BCUT2D eigenvalue weighted by atomic mass is 10.3. The average Bonchev–Trinajstić information content (AvgIpc) is 2.88. The molecule has 2 heterocycles. The topological polar surface area (TPSA) is 39.9 Å². The summed E-state index contributed by atoms with van der Waals surface area (Å²) in [5, 5.41) is 0. The summed E-state index contributed by atoms with van der Waals surface area (Å²) in [4.78, 5) is 7.82. The Bertz CT molecular complexity index is 681. The van der Waals surface area contributed by atoms with Gasteiger partial charge in [0.15, 0.2) is 11.5 Å². The molecule has 0 N–H and O–H groups in total. The number of rotatable bonds is 6. The molecule has 0 aliphatic rings. The van der Waals surface area contributed by atoms with Crippen LogP contribution in [0.1, 0.15) is 5.69 Å². The van der Waals surface area contributed by atoms with Crippen LogP contribution >= 0.6 is 15.9 Å². The molecule has 133 valence electrons. The molecule has 9 heteroatoms. The molecule has 0 aromatic carbocycles. The molecule has 0 radical (unpaired) electrons. The summed E-state index contributed by atoms with van der Waals surface area (Å²) in [5.74, 6) is 0.142. The van der Waals surface area contributed by atoms with Crippen molar-refractivity contribution in [1.29, 1.82) is 0 Å². The van der Waals surface area contributed by atoms with Crippen molar-refractivity contribution < 1.29 is 17.9 Å². The Morgan fingerprint density at radius 2 is 1.96 bits per heavy atom. The van der Waals surface area contributed by atoms with Crippen LogP contribution < -0.4 is 0 Å². The normalized spacial score (nSPS) is 12.6. The maximum absolute atomic E-state index is 13.0. The van der Waals surface area contributed by atoms with Crippen LogP contribution in [0.2, 0.25) is 25.7 Å². The van der Waals surface area contributed by atoms with E-state index in [2.05, 4.69) is 45.5 Å². The molecule has 2 aromatic rings. The molecular weight excluding hydrogens is 403 g/mol. The molecule has 0 aliphatic carbocycles. The van der Waals surface area contributed by atoms with Crippen molar-refractivity contribution in [3.8, 4) is 11.5 Å². The third-order valence-corrected chi connectivity index (χ3v) is 5.42. The van der Waals surface area contributed by atoms with Gasteiger partial charge in [0.25, 0.3) is 0 Å². The quantitative estimate of drug-likeness (QED) is 0.484. The van der Waals surface area contributed by atoms with E-state index in [0.717, 1.165) is 16.7 Å². The van der Waals surface area contributed by atoms with E-state index < -0.39 is 19.9 Å².